The predicted octanol–water partition coefficient (Wildman–Crippen LogP) is 3.46. The number of halogens is 1. The molecule has 2 heterocycles. The SMILES string of the molecule is O=C(O)C1CCN(Cc2ccc(-c3ccc(F)cc3)s2)C1. The Kier molecular flexibility index (Phi) is 4.03. The third kappa shape index (κ3) is 3.31. The predicted molar refractivity (Wildman–Crippen MR) is 80.7 cm³/mol. The Bertz CT molecular complexity index is 638. The third-order valence-electron chi connectivity index (χ3n) is 3.79. The van der Waals surface area contributed by atoms with E-state index in [2.05, 4.69) is 11.0 Å². The molecule has 1 saturated heterocycles. The highest BCUT2D eigenvalue weighted by Crippen LogP contribution is 2.30. The minimum Gasteiger partial charge on any atom is -0.481 e. The van der Waals surface area contributed by atoms with Gasteiger partial charge in [0.05, 0.1) is 5.92 Å². The lowest BCUT2D eigenvalue weighted by molar-refractivity contribution is -0.141. The molecule has 3 nitrogen and oxygen atoms in total. The van der Waals surface area contributed by atoms with Gasteiger partial charge in [-0.15, -0.1) is 11.3 Å². The van der Waals surface area contributed by atoms with E-state index in [9.17, 15) is 9.18 Å². The molecule has 0 spiro atoms. The molecule has 1 aromatic carbocycles. The van der Waals surface area contributed by atoms with Gasteiger partial charge in [0.2, 0.25) is 0 Å². The Morgan fingerprint density at radius 2 is 2.05 bits per heavy atom. The first-order valence-corrected chi connectivity index (χ1v) is 7.73. The first-order valence-electron chi connectivity index (χ1n) is 6.91. The topological polar surface area (TPSA) is 40.5 Å². The maximum Gasteiger partial charge on any atom is 0.307 e. The van der Waals surface area contributed by atoms with E-state index in [1.54, 1.807) is 23.5 Å². The standard InChI is InChI=1S/C16H16FNO2S/c17-13-3-1-11(2-4-13)15-6-5-14(21-15)10-18-8-7-12(9-18)16(19)20/h1-6,12H,7-10H2,(H,19,20). The fourth-order valence-corrected chi connectivity index (χ4v) is 3.69. The van der Waals surface area contributed by atoms with Gasteiger partial charge < -0.3 is 5.11 Å². The number of carboxylic acid groups (broad SMARTS) is 1. The van der Waals surface area contributed by atoms with Crippen LogP contribution in [0.5, 0.6) is 0 Å². The molecule has 3 rings (SSSR count). The van der Waals surface area contributed by atoms with Crippen LogP contribution < -0.4 is 0 Å². The summed E-state index contributed by atoms with van der Waals surface area (Å²) in [4.78, 5) is 15.5. The first-order chi connectivity index (χ1) is 10.1. The summed E-state index contributed by atoms with van der Waals surface area (Å²) in [6, 6.07) is 10.6. The lowest BCUT2D eigenvalue weighted by Crippen LogP contribution is -2.22. The summed E-state index contributed by atoms with van der Waals surface area (Å²) in [7, 11) is 0. The molecule has 1 aliphatic heterocycles. The van der Waals surface area contributed by atoms with E-state index in [1.165, 1.54) is 17.0 Å². The van der Waals surface area contributed by atoms with E-state index >= 15 is 0 Å². The largest absolute Gasteiger partial charge is 0.481 e. The van der Waals surface area contributed by atoms with Crippen LogP contribution in [0.25, 0.3) is 10.4 Å². The molecule has 1 fully saturated rings. The summed E-state index contributed by atoms with van der Waals surface area (Å²) in [6.07, 6.45) is 0.728. The molecule has 0 radical (unpaired) electrons. The monoisotopic (exact) mass is 305 g/mol. The number of hydrogen-bond donors (Lipinski definition) is 1. The number of likely N-dealkylation sites (tertiary alicyclic amines) is 1. The Morgan fingerprint density at radius 1 is 1.29 bits per heavy atom. The van der Waals surface area contributed by atoms with Crippen LogP contribution >= 0.6 is 11.3 Å². The van der Waals surface area contributed by atoms with Crippen molar-refractivity contribution in [2.45, 2.75) is 13.0 Å². The van der Waals surface area contributed by atoms with Crippen molar-refractivity contribution in [3.8, 4) is 10.4 Å². The average Bonchev–Trinajstić information content (AvgIpc) is 3.10. The van der Waals surface area contributed by atoms with Gasteiger partial charge in [0.1, 0.15) is 5.82 Å². The molecule has 1 aliphatic rings. The van der Waals surface area contributed by atoms with Crippen molar-refractivity contribution >= 4 is 17.3 Å². The van der Waals surface area contributed by atoms with Gasteiger partial charge in [-0.05, 0) is 42.8 Å². The number of benzene rings is 1. The molecule has 110 valence electrons. The second kappa shape index (κ2) is 5.95. The lowest BCUT2D eigenvalue weighted by atomic mass is 10.1. The molecule has 0 amide bonds. The van der Waals surface area contributed by atoms with E-state index < -0.39 is 5.97 Å². The van der Waals surface area contributed by atoms with Gasteiger partial charge in [0, 0.05) is 22.8 Å². The van der Waals surface area contributed by atoms with Crippen LogP contribution in [-0.4, -0.2) is 29.1 Å². The zero-order valence-corrected chi connectivity index (χ0v) is 12.3. The molecule has 1 atom stereocenters. The van der Waals surface area contributed by atoms with Crippen LogP contribution in [0, 0.1) is 11.7 Å². The minimum atomic E-state index is -0.698. The maximum absolute atomic E-state index is 12.9. The summed E-state index contributed by atoms with van der Waals surface area (Å²) < 4.78 is 12.9. The van der Waals surface area contributed by atoms with Gasteiger partial charge >= 0.3 is 5.97 Å². The van der Waals surface area contributed by atoms with E-state index in [0.717, 1.165) is 30.0 Å². The van der Waals surface area contributed by atoms with Crippen LogP contribution in [0.4, 0.5) is 4.39 Å². The molecule has 21 heavy (non-hydrogen) atoms. The van der Waals surface area contributed by atoms with Gasteiger partial charge in [-0.25, -0.2) is 4.39 Å². The molecule has 1 unspecified atom stereocenters. The number of rotatable bonds is 4. The van der Waals surface area contributed by atoms with Gasteiger partial charge in [0.15, 0.2) is 0 Å². The van der Waals surface area contributed by atoms with Crippen molar-refractivity contribution in [2.75, 3.05) is 13.1 Å². The summed E-state index contributed by atoms with van der Waals surface area (Å²) >= 11 is 1.68. The van der Waals surface area contributed by atoms with Crippen LogP contribution in [0.3, 0.4) is 0 Å². The molecule has 0 aliphatic carbocycles. The highest BCUT2D eigenvalue weighted by molar-refractivity contribution is 7.15. The molecule has 5 heteroatoms. The highest BCUT2D eigenvalue weighted by atomic mass is 32.1. The second-order valence-corrected chi connectivity index (χ2v) is 6.50. The van der Waals surface area contributed by atoms with E-state index in [1.807, 2.05) is 6.07 Å². The summed E-state index contributed by atoms with van der Waals surface area (Å²) in [5, 5.41) is 9.02. The molecule has 1 aromatic heterocycles. The van der Waals surface area contributed by atoms with Crippen molar-refractivity contribution < 1.29 is 14.3 Å². The van der Waals surface area contributed by atoms with Crippen molar-refractivity contribution in [2.24, 2.45) is 5.92 Å². The van der Waals surface area contributed by atoms with Crippen LogP contribution in [-0.2, 0) is 11.3 Å². The van der Waals surface area contributed by atoms with E-state index in [0.29, 0.717) is 6.54 Å². The fourth-order valence-electron chi connectivity index (χ4n) is 2.63. The zero-order valence-electron chi connectivity index (χ0n) is 11.5. The third-order valence-corrected chi connectivity index (χ3v) is 4.91. The van der Waals surface area contributed by atoms with Gasteiger partial charge in [-0.3, -0.25) is 9.69 Å². The quantitative estimate of drug-likeness (QED) is 0.940. The Balaban J connectivity index is 1.66. The highest BCUT2D eigenvalue weighted by Gasteiger charge is 2.27. The van der Waals surface area contributed by atoms with E-state index in [-0.39, 0.29) is 11.7 Å². The lowest BCUT2D eigenvalue weighted by Gasteiger charge is -2.13. The van der Waals surface area contributed by atoms with Crippen molar-refractivity contribution in [3.63, 3.8) is 0 Å². The number of thiophene rings is 1. The number of carboxylic acids is 1. The zero-order chi connectivity index (χ0) is 14.8. The van der Waals surface area contributed by atoms with Crippen molar-refractivity contribution in [1.29, 1.82) is 0 Å². The Morgan fingerprint density at radius 3 is 2.71 bits per heavy atom. The van der Waals surface area contributed by atoms with Crippen LogP contribution in [0.15, 0.2) is 36.4 Å². The average molecular weight is 305 g/mol. The van der Waals surface area contributed by atoms with Crippen molar-refractivity contribution in [3.05, 3.63) is 47.1 Å². The molecule has 1 N–H and O–H groups in total. The fraction of sp³-hybridized carbons (Fsp3) is 0.312. The number of carbonyl (C=O) groups is 1. The number of hydrogen-bond acceptors (Lipinski definition) is 3. The van der Waals surface area contributed by atoms with Crippen LogP contribution in [0.1, 0.15) is 11.3 Å². The van der Waals surface area contributed by atoms with Crippen molar-refractivity contribution in [1.82, 2.24) is 4.90 Å². The summed E-state index contributed by atoms with van der Waals surface area (Å²) in [6.45, 7) is 2.25. The minimum absolute atomic E-state index is 0.229. The Labute approximate surface area is 126 Å². The van der Waals surface area contributed by atoms with Gasteiger partial charge in [0.25, 0.3) is 0 Å². The molecule has 0 saturated carbocycles. The summed E-state index contributed by atoms with van der Waals surface area (Å²) in [5.41, 5.74) is 1.01. The normalized spacial score (nSPS) is 19.0. The molecule has 2 aromatic rings. The smallest absolute Gasteiger partial charge is 0.307 e. The van der Waals surface area contributed by atoms with Gasteiger partial charge in [-0.2, -0.15) is 0 Å². The van der Waals surface area contributed by atoms with Gasteiger partial charge in [-0.1, -0.05) is 12.1 Å². The first kappa shape index (κ1) is 14.2. The van der Waals surface area contributed by atoms with Crippen LogP contribution in [0.2, 0.25) is 0 Å². The molecular formula is C16H16FNO2S. The maximum atomic E-state index is 12.9. The summed E-state index contributed by atoms with van der Waals surface area (Å²) in [5.74, 6) is -1.16. The molecule has 0 bridgehead atoms. The number of nitrogens with zero attached hydrogens (tertiary/aromatic N) is 1. The second-order valence-electron chi connectivity index (χ2n) is 5.33. The van der Waals surface area contributed by atoms with E-state index in [4.69, 9.17) is 5.11 Å². The Hall–Kier alpha value is -1.72. The molecular weight excluding hydrogens is 289 g/mol. The number of aliphatic carboxylic acids is 1.